The molecule has 0 radical (unpaired) electrons. The monoisotopic (exact) mass is 277 g/mol. The third-order valence-corrected chi connectivity index (χ3v) is 4.12. The average molecular weight is 277 g/mol. The summed E-state index contributed by atoms with van der Waals surface area (Å²) in [6.45, 7) is 0.803. The maximum atomic E-state index is 11.0. The van der Waals surface area contributed by atoms with Gasteiger partial charge in [0.15, 0.2) is 0 Å². The van der Waals surface area contributed by atoms with Crippen LogP contribution in [0, 0.1) is 0 Å². The Morgan fingerprint density at radius 1 is 1.35 bits per heavy atom. The minimum Gasteiger partial charge on any atom is -0.544 e. The van der Waals surface area contributed by atoms with Crippen molar-refractivity contribution in [2.45, 2.75) is 44.7 Å². The number of rotatable bonds is 6. The highest BCUT2D eigenvalue weighted by atomic mass is 16.5. The fourth-order valence-corrected chi connectivity index (χ4v) is 3.09. The molecule has 1 aromatic rings. The Balaban J connectivity index is 2.07. The second-order valence-corrected chi connectivity index (χ2v) is 5.57. The number of carboxylic acids is 1. The number of nitrogens with one attached hydrogen (secondary N) is 1. The Bertz CT molecular complexity index is 441. The van der Waals surface area contributed by atoms with Crippen LogP contribution < -0.4 is 14.7 Å². The van der Waals surface area contributed by atoms with Gasteiger partial charge in [0.2, 0.25) is 0 Å². The van der Waals surface area contributed by atoms with Gasteiger partial charge in [-0.1, -0.05) is 18.6 Å². The highest BCUT2D eigenvalue weighted by Gasteiger charge is 2.24. The average Bonchev–Trinajstić information content (AvgIpc) is 2.47. The highest BCUT2D eigenvalue weighted by molar-refractivity contribution is 5.65. The van der Waals surface area contributed by atoms with Crippen LogP contribution in [0.25, 0.3) is 0 Å². The first-order valence-electron chi connectivity index (χ1n) is 7.36. The first kappa shape index (κ1) is 14.9. The number of quaternary nitrogens is 1. The quantitative estimate of drug-likeness (QED) is 0.806. The summed E-state index contributed by atoms with van der Waals surface area (Å²) in [5.41, 5.74) is 1.12. The smallest absolute Gasteiger partial charge is 0.119 e. The number of carbonyl (C=O) groups is 1. The SMILES string of the molecule is COc1cccc(C[NH+](CC(=O)[O-])C2CCCCC2)c1. The number of benzene rings is 1. The number of hydrogen-bond acceptors (Lipinski definition) is 3. The standard InChI is InChI=1S/C16H23NO3/c1-20-15-9-5-6-13(10-15)11-17(12-16(18)19)14-7-3-2-4-8-14/h5-6,9-10,14H,2-4,7-8,11-12H2,1H3,(H,18,19). The molecule has 1 fully saturated rings. The molecule has 1 aliphatic carbocycles. The van der Waals surface area contributed by atoms with Gasteiger partial charge in [-0.2, -0.15) is 0 Å². The molecule has 20 heavy (non-hydrogen) atoms. The van der Waals surface area contributed by atoms with E-state index >= 15 is 0 Å². The van der Waals surface area contributed by atoms with Crippen molar-refractivity contribution in [1.29, 1.82) is 0 Å². The summed E-state index contributed by atoms with van der Waals surface area (Å²) in [5, 5.41) is 11.0. The molecular weight excluding hydrogens is 254 g/mol. The summed E-state index contributed by atoms with van der Waals surface area (Å²) >= 11 is 0. The van der Waals surface area contributed by atoms with E-state index in [1.54, 1.807) is 7.11 Å². The fourth-order valence-electron chi connectivity index (χ4n) is 3.09. The largest absolute Gasteiger partial charge is 0.544 e. The molecule has 1 aromatic carbocycles. The molecule has 1 aliphatic rings. The Kier molecular flexibility index (Phi) is 5.41. The number of aliphatic carboxylic acids is 1. The molecule has 0 aromatic heterocycles. The molecule has 0 amide bonds. The second kappa shape index (κ2) is 7.29. The molecule has 2 rings (SSSR count). The Hall–Kier alpha value is -1.55. The lowest BCUT2D eigenvalue weighted by atomic mass is 9.94. The normalized spacial score (nSPS) is 17.6. The molecule has 4 heteroatoms. The van der Waals surface area contributed by atoms with E-state index in [0.29, 0.717) is 6.04 Å². The van der Waals surface area contributed by atoms with E-state index in [1.807, 2.05) is 24.3 Å². The predicted octanol–water partition coefficient (Wildman–Crippen LogP) is 0.163. The van der Waals surface area contributed by atoms with E-state index in [1.165, 1.54) is 19.3 Å². The van der Waals surface area contributed by atoms with Gasteiger partial charge in [0.25, 0.3) is 0 Å². The van der Waals surface area contributed by atoms with Crippen molar-refractivity contribution in [3.8, 4) is 5.75 Å². The van der Waals surface area contributed by atoms with E-state index < -0.39 is 5.97 Å². The molecule has 0 bridgehead atoms. The van der Waals surface area contributed by atoms with Gasteiger partial charge in [-0.15, -0.1) is 0 Å². The number of carbonyl (C=O) groups excluding carboxylic acids is 1. The Morgan fingerprint density at radius 3 is 2.75 bits per heavy atom. The van der Waals surface area contributed by atoms with Crippen molar-refractivity contribution < 1.29 is 19.5 Å². The van der Waals surface area contributed by atoms with E-state index in [-0.39, 0.29) is 6.54 Å². The van der Waals surface area contributed by atoms with Gasteiger partial charge in [-0.25, -0.2) is 0 Å². The zero-order valence-electron chi connectivity index (χ0n) is 12.1. The highest BCUT2D eigenvalue weighted by Crippen LogP contribution is 2.16. The third kappa shape index (κ3) is 4.23. The molecule has 1 N–H and O–H groups in total. The summed E-state index contributed by atoms with van der Waals surface area (Å²) < 4.78 is 5.23. The van der Waals surface area contributed by atoms with Crippen LogP contribution in [0.5, 0.6) is 5.75 Å². The molecule has 0 aliphatic heterocycles. The van der Waals surface area contributed by atoms with Gasteiger partial charge in [0.05, 0.1) is 19.1 Å². The van der Waals surface area contributed by atoms with E-state index in [9.17, 15) is 9.90 Å². The molecule has 4 nitrogen and oxygen atoms in total. The van der Waals surface area contributed by atoms with Gasteiger partial charge in [0.1, 0.15) is 18.8 Å². The molecule has 1 atom stereocenters. The topological polar surface area (TPSA) is 53.8 Å². The van der Waals surface area contributed by atoms with Crippen molar-refractivity contribution in [1.82, 2.24) is 0 Å². The summed E-state index contributed by atoms with van der Waals surface area (Å²) in [7, 11) is 1.64. The Labute approximate surface area is 120 Å². The summed E-state index contributed by atoms with van der Waals surface area (Å²) in [5.74, 6) is -0.146. The summed E-state index contributed by atoms with van der Waals surface area (Å²) in [6, 6.07) is 8.31. The van der Waals surface area contributed by atoms with Crippen LogP contribution in [0.3, 0.4) is 0 Å². The molecule has 1 unspecified atom stereocenters. The zero-order valence-corrected chi connectivity index (χ0v) is 12.1. The van der Waals surface area contributed by atoms with Gasteiger partial charge in [-0.3, -0.25) is 0 Å². The molecule has 0 saturated heterocycles. The maximum absolute atomic E-state index is 11.0. The minimum absolute atomic E-state index is 0.0852. The molecule has 0 spiro atoms. The lowest BCUT2D eigenvalue weighted by Crippen LogP contribution is -3.15. The number of methoxy groups -OCH3 is 1. The summed E-state index contributed by atoms with van der Waals surface area (Å²) in [6.07, 6.45) is 5.92. The van der Waals surface area contributed by atoms with Gasteiger partial charge in [-0.05, 0) is 37.8 Å². The van der Waals surface area contributed by atoms with Crippen LogP contribution in [0.2, 0.25) is 0 Å². The van der Waals surface area contributed by atoms with Gasteiger partial charge < -0.3 is 19.5 Å². The molecule has 1 saturated carbocycles. The van der Waals surface area contributed by atoms with Crippen molar-refractivity contribution in [2.75, 3.05) is 13.7 Å². The van der Waals surface area contributed by atoms with Crippen LogP contribution in [0.1, 0.15) is 37.7 Å². The van der Waals surface area contributed by atoms with Crippen molar-refractivity contribution in [3.63, 3.8) is 0 Å². The maximum Gasteiger partial charge on any atom is 0.119 e. The van der Waals surface area contributed by atoms with Crippen LogP contribution in [0.15, 0.2) is 24.3 Å². The van der Waals surface area contributed by atoms with Crippen molar-refractivity contribution in [3.05, 3.63) is 29.8 Å². The lowest BCUT2D eigenvalue weighted by molar-refractivity contribution is -0.934. The van der Waals surface area contributed by atoms with Gasteiger partial charge in [0, 0.05) is 5.56 Å². The molecule has 0 heterocycles. The minimum atomic E-state index is -0.964. The van der Waals surface area contributed by atoms with Crippen LogP contribution >= 0.6 is 0 Å². The van der Waals surface area contributed by atoms with Crippen LogP contribution in [-0.2, 0) is 11.3 Å². The van der Waals surface area contributed by atoms with E-state index in [0.717, 1.165) is 35.6 Å². The van der Waals surface area contributed by atoms with Gasteiger partial charge >= 0.3 is 0 Å². The predicted molar refractivity (Wildman–Crippen MR) is 74.4 cm³/mol. The summed E-state index contributed by atoms with van der Waals surface area (Å²) in [4.78, 5) is 12.1. The van der Waals surface area contributed by atoms with Crippen molar-refractivity contribution in [2.24, 2.45) is 0 Å². The lowest BCUT2D eigenvalue weighted by Gasteiger charge is -2.31. The zero-order chi connectivity index (χ0) is 14.4. The van der Waals surface area contributed by atoms with Crippen LogP contribution in [-0.4, -0.2) is 25.7 Å². The Morgan fingerprint density at radius 2 is 2.10 bits per heavy atom. The third-order valence-electron chi connectivity index (χ3n) is 4.12. The van der Waals surface area contributed by atoms with E-state index in [4.69, 9.17) is 4.74 Å². The first-order chi connectivity index (χ1) is 9.69. The second-order valence-electron chi connectivity index (χ2n) is 5.57. The number of hydrogen-bond donors (Lipinski definition) is 1. The molecular formula is C16H23NO3. The van der Waals surface area contributed by atoms with Crippen molar-refractivity contribution >= 4 is 5.97 Å². The number of ether oxygens (including phenoxy) is 1. The number of carboxylic acid groups (broad SMARTS) is 1. The van der Waals surface area contributed by atoms with Crippen LogP contribution in [0.4, 0.5) is 0 Å². The molecule has 110 valence electrons. The fraction of sp³-hybridized carbons (Fsp3) is 0.562. The first-order valence-corrected chi connectivity index (χ1v) is 7.36. The van der Waals surface area contributed by atoms with E-state index in [2.05, 4.69) is 0 Å².